The lowest BCUT2D eigenvalue weighted by atomic mass is 10.0. The van der Waals surface area contributed by atoms with Gasteiger partial charge in [-0.25, -0.2) is 14.3 Å². The van der Waals surface area contributed by atoms with Crippen molar-refractivity contribution >= 4 is 22.5 Å². The third kappa shape index (κ3) is 4.29. The molecule has 188 valence electrons. The third-order valence-corrected chi connectivity index (χ3v) is 6.47. The van der Waals surface area contributed by atoms with E-state index in [2.05, 4.69) is 4.98 Å². The average molecular weight is 490 g/mol. The maximum atomic E-state index is 13.5. The predicted molar refractivity (Wildman–Crippen MR) is 138 cm³/mol. The van der Waals surface area contributed by atoms with E-state index in [0.29, 0.717) is 30.6 Å². The molecule has 0 saturated carbocycles. The van der Waals surface area contributed by atoms with Gasteiger partial charge in [-0.05, 0) is 76.3 Å². The van der Waals surface area contributed by atoms with E-state index in [1.165, 1.54) is 0 Å². The van der Waals surface area contributed by atoms with Crippen molar-refractivity contribution in [2.24, 2.45) is 0 Å². The molecule has 0 N–H and O–H groups in total. The zero-order valence-corrected chi connectivity index (χ0v) is 21.5. The number of amides is 1. The summed E-state index contributed by atoms with van der Waals surface area (Å²) >= 11 is 0. The van der Waals surface area contributed by atoms with Gasteiger partial charge in [-0.15, -0.1) is 0 Å². The van der Waals surface area contributed by atoms with Crippen LogP contribution in [0.4, 0.5) is 4.79 Å². The third-order valence-electron chi connectivity index (χ3n) is 6.47. The van der Waals surface area contributed by atoms with Crippen LogP contribution >= 0.6 is 0 Å². The van der Waals surface area contributed by atoms with Crippen molar-refractivity contribution in [2.45, 2.75) is 52.7 Å². The van der Waals surface area contributed by atoms with Gasteiger partial charge < -0.3 is 18.9 Å². The van der Waals surface area contributed by atoms with Crippen LogP contribution in [-0.4, -0.2) is 56.0 Å². The summed E-state index contributed by atoms with van der Waals surface area (Å²) in [6.45, 7) is 10.5. The maximum absolute atomic E-state index is 13.5. The van der Waals surface area contributed by atoms with Crippen LogP contribution in [-0.2, 0) is 4.74 Å². The minimum absolute atomic E-state index is 0.113. The van der Waals surface area contributed by atoms with Gasteiger partial charge in [0.05, 0.1) is 36.1 Å². The number of fused-ring (bicyclic) bond motifs is 2. The molecule has 9 heteroatoms. The summed E-state index contributed by atoms with van der Waals surface area (Å²) in [6, 6.07) is 7.53. The molecule has 0 bridgehead atoms. The van der Waals surface area contributed by atoms with Gasteiger partial charge >= 0.3 is 6.09 Å². The number of ether oxygens (including phenoxy) is 2. The molecule has 4 aromatic rings. The lowest BCUT2D eigenvalue weighted by Crippen LogP contribution is -2.36. The van der Waals surface area contributed by atoms with Crippen LogP contribution in [0, 0.1) is 13.8 Å². The summed E-state index contributed by atoms with van der Waals surface area (Å²) in [5, 5.41) is 6.10. The first kappa shape index (κ1) is 23.8. The molecular formula is C27H31N5O4. The summed E-state index contributed by atoms with van der Waals surface area (Å²) in [4.78, 5) is 32.2. The van der Waals surface area contributed by atoms with E-state index >= 15 is 0 Å². The first-order valence-corrected chi connectivity index (χ1v) is 12.1. The van der Waals surface area contributed by atoms with Crippen LogP contribution in [0.25, 0.3) is 27.7 Å². The molecule has 1 atom stereocenters. The summed E-state index contributed by atoms with van der Waals surface area (Å²) in [5.41, 5.74) is 3.58. The van der Waals surface area contributed by atoms with Crippen LogP contribution < -0.4 is 10.3 Å². The van der Waals surface area contributed by atoms with E-state index in [-0.39, 0.29) is 17.7 Å². The Balaban J connectivity index is 1.51. The Hall–Kier alpha value is -3.88. The Bertz CT molecular complexity index is 1550. The molecule has 1 aliphatic rings. The van der Waals surface area contributed by atoms with Crippen molar-refractivity contribution in [3.63, 3.8) is 0 Å². The highest BCUT2D eigenvalue weighted by molar-refractivity contribution is 5.89. The zero-order chi connectivity index (χ0) is 25.8. The summed E-state index contributed by atoms with van der Waals surface area (Å²) < 4.78 is 14.7. The van der Waals surface area contributed by atoms with E-state index in [9.17, 15) is 9.59 Å². The highest BCUT2D eigenvalue weighted by atomic mass is 16.6. The molecule has 1 saturated heterocycles. The van der Waals surface area contributed by atoms with E-state index in [1.54, 1.807) is 27.2 Å². The fourth-order valence-electron chi connectivity index (χ4n) is 4.78. The average Bonchev–Trinajstić information content (AvgIpc) is 3.44. The minimum atomic E-state index is -0.558. The van der Waals surface area contributed by atoms with Gasteiger partial charge in [-0.3, -0.25) is 4.79 Å². The van der Waals surface area contributed by atoms with Gasteiger partial charge in [0, 0.05) is 24.8 Å². The lowest BCUT2D eigenvalue weighted by Gasteiger charge is -2.24. The molecule has 1 unspecified atom stereocenters. The van der Waals surface area contributed by atoms with Gasteiger partial charge in [-0.1, -0.05) is 0 Å². The van der Waals surface area contributed by atoms with Gasteiger partial charge in [0.15, 0.2) is 5.65 Å². The number of likely N-dealkylation sites (tertiary alicyclic amines) is 1. The van der Waals surface area contributed by atoms with Crippen molar-refractivity contribution in [1.29, 1.82) is 0 Å². The van der Waals surface area contributed by atoms with Crippen molar-refractivity contribution in [2.75, 3.05) is 20.2 Å². The Labute approximate surface area is 209 Å². The van der Waals surface area contributed by atoms with Gasteiger partial charge in [0.1, 0.15) is 11.4 Å². The Morgan fingerprint density at radius 1 is 1.17 bits per heavy atom. The fourth-order valence-corrected chi connectivity index (χ4v) is 4.78. The lowest BCUT2D eigenvalue weighted by molar-refractivity contribution is 0.0289. The van der Waals surface area contributed by atoms with E-state index in [4.69, 9.17) is 14.6 Å². The molecule has 5 rings (SSSR count). The number of carbonyl (C=O) groups is 1. The highest BCUT2D eigenvalue weighted by Gasteiger charge is 2.31. The van der Waals surface area contributed by atoms with Gasteiger partial charge in [0.25, 0.3) is 5.56 Å². The molecular weight excluding hydrogens is 458 g/mol. The molecule has 1 aromatic carbocycles. The van der Waals surface area contributed by atoms with Crippen LogP contribution in [0.15, 0.2) is 41.5 Å². The summed E-state index contributed by atoms with van der Waals surface area (Å²) in [5.74, 6) is 0.572. The second-order valence-electron chi connectivity index (χ2n) is 10.4. The Morgan fingerprint density at radius 2 is 1.94 bits per heavy atom. The largest absolute Gasteiger partial charge is 0.496 e. The molecule has 4 heterocycles. The van der Waals surface area contributed by atoms with Crippen LogP contribution in [0.3, 0.4) is 0 Å². The molecule has 36 heavy (non-hydrogen) atoms. The van der Waals surface area contributed by atoms with Crippen molar-refractivity contribution in [3.05, 3.63) is 58.3 Å². The van der Waals surface area contributed by atoms with Gasteiger partial charge in [0.2, 0.25) is 0 Å². The zero-order valence-electron chi connectivity index (χ0n) is 21.5. The molecule has 9 nitrogen and oxygen atoms in total. The second-order valence-corrected chi connectivity index (χ2v) is 10.4. The topological polar surface area (TPSA) is 91.0 Å². The first-order valence-electron chi connectivity index (χ1n) is 12.1. The number of benzene rings is 1. The molecule has 0 aliphatic carbocycles. The monoisotopic (exact) mass is 489 g/mol. The van der Waals surface area contributed by atoms with Crippen molar-refractivity contribution in [3.8, 4) is 17.0 Å². The fraction of sp³-hybridized carbons (Fsp3) is 0.407. The molecule has 0 spiro atoms. The number of rotatable bonds is 3. The Kier molecular flexibility index (Phi) is 5.73. The molecule has 1 fully saturated rings. The summed E-state index contributed by atoms with van der Waals surface area (Å²) in [7, 11) is 1.59. The number of hydrogen-bond acceptors (Lipinski definition) is 6. The highest BCUT2D eigenvalue weighted by Crippen LogP contribution is 2.33. The van der Waals surface area contributed by atoms with E-state index in [0.717, 1.165) is 33.5 Å². The number of pyridine rings is 1. The first-order chi connectivity index (χ1) is 17.0. The van der Waals surface area contributed by atoms with Crippen molar-refractivity contribution in [1.82, 2.24) is 24.1 Å². The number of aryl methyl sites for hydroxylation is 2. The molecule has 0 radical (unpaired) electrons. The number of nitrogens with zero attached hydrogens (tertiary/aromatic N) is 5. The van der Waals surface area contributed by atoms with E-state index in [1.807, 2.05) is 65.2 Å². The molecule has 3 aromatic heterocycles. The van der Waals surface area contributed by atoms with Crippen molar-refractivity contribution < 1.29 is 14.3 Å². The van der Waals surface area contributed by atoms with Crippen LogP contribution in [0.2, 0.25) is 0 Å². The Morgan fingerprint density at radius 3 is 2.67 bits per heavy atom. The van der Waals surface area contributed by atoms with Crippen LogP contribution in [0.1, 0.15) is 44.5 Å². The number of carbonyl (C=O) groups excluding carboxylic acids is 1. The smallest absolute Gasteiger partial charge is 0.410 e. The SMILES string of the molecule is COc1cc2c(=O)n(C3CCN(C(=O)OC(C)(C)C)C3)ccc2cc1-c1cc(C)c2nc(C)cn2n1. The summed E-state index contributed by atoms with van der Waals surface area (Å²) in [6.07, 6.45) is 4.04. The maximum Gasteiger partial charge on any atom is 0.410 e. The molecule has 1 amide bonds. The number of hydrogen-bond donors (Lipinski definition) is 0. The predicted octanol–water partition coefficient (Wildman–Crippen LogP) is 4.52. The minimum Gasteiger partial charge on any atom is -0.496 e. The van der Waals surface area contributed by atoms with Crippen LogP contribution in [0.5, 0.6) is 5.75 Å². The van der Waals surface area contributed by atoms with Gasteiger partial charge in [-0.2, -0.15) is 5.10 Å². The normalized spacial score (nSPS) is 16.2. The molecule has 1 aliphatic heterocycles. The second kappa shape index (κ2) is 8.65. The van der Waals surface area contributed by atoms with E-state index < -0.39 is 5.60 Å². The number of imidazole rings is 1. The quantitative estimate of drug-likeness (QED) is 0.420. The number of aromatic nitrogens is 4. The standard InChI is InChI=1S/C27H31N5O4/c1-16-11-22(29-32-14-17(2)28-24(16)32)21-12-18-7-10-31(25(33)20(18)13-23(21)35-6)19-8-9-30(15-19)26(34)36-27(3,4)5/h7,10-14,19H,8-9,15H2,1-6H3. The number of methoxy groups -OCH3 is 1.